The first-order chi connectivity index (χ1) is 5.41. The van der Waals surface area contributed by atoms with E-state index in [0.717, 1.165) is 10.3 Å². The standard InChI is InChI=1S/C10H15NO/c1-8-5-6-11(12)7-9(8)10(2,3)4/h5-7H,1-4H3. The molecule has 1 rings (SSSR count). The molecule has 0 spiro atoms. The molecule has 2 nitrogen and oxygen atoms in total. The maximum absolute atomic E-state index is 11.0. The van der Waals surface area contributed by atoms with E-state index in [1.54, 1.807) is 6.20 Å². The van der Waals surface area contributed by atoms with Gasteiger partial charge in [-0.3, -0.25) is 0 Å². The van der Waals surface area contributed by atoms with Crippen molar-refractivity contribution in [1.29, 1.82) is 0 Å². The van der Waals surface area contributed by atoms with Crippen LogP contribution >= 0.6 is 0 Å². The molecule has 1 aromatic heterocycles. The van der Waals surface area contributed by atoms with Crippen molar-refractivity contribution in [3.05, 3.63) is 34.8 Å². The molecule has 2 heteroatoms. The number of aromatic nitrogens is 1. The van der Waals surface area contributed by atoms with Crippen LogP contribution in [-0.4, -0.2) is 0 Å². The summed E-state index contributed by atoms with van der Waals surface area (Å²) in [7, 11) is 0. The first kappa shape index (κ1) is 9.04. The normalized spacial score (nSPS) is 11.7. The third kappa shape index (κ3) is 1.76. The molecule has 0 saturated heterocycles. The molecule has 1 aromatic rings. The third-order valence-electron chi connectivity index (χ3n) is 1.96. The van der Waals surface area contributed by atoms with Gasteiger partial charge in [-0.15, -0.1) is 0 Å². The maximum Gasteiger partial charge on any atom is 0.184 e. The Labute approximate surface area is 73.4 Å². The second kappa shape index (κ2) is 2.77. The summed E-state index contributed by atoms with van der Waals surface area (Å²) in [5, 5.41) is 11.0. The maximum atomic E-state index is 11.0. The fraction of sp³-hybridized carbons (Fsp3) is 0.500. The Kier molecular flexibility index (Phi) is 2.09. The molecule has 1 heterocycles. The first-order valence-corrected chi connectivity index (χ1v) is 4.11. The molecule has 0 aromatic carbocycles. The van der Waals surface area contributed by atoms with Gasteiger partial charge in [0.15, 0.2) is 12.4 Å². The summed E-state index contributed by atoms with van der Waals surface area (Å²) in [4.78, 5) is 0. The van der Waals surface area contributed by atoms with Crippen LogP contribution in [0.15, 0.2) is 18.5 Å². The summed E-state index contributed by atoms with van der Waals surface area (Å²) < 4.78 is 0.855. The predicted molar refractivity (Wildman–Crippen MR) is 48.8 cm³/mol. The molecule has 0 N–H and O–H groups in total. The lowest BCUT2D eigenvalue weighted by Gasteiger charge is -2.19. The van der Waals surface area contributed by atoms with Crippen molar-refractivity contribution in [3.8, 4) is 0 Å². The van der Waals surface area contributed by atoms with Crippen molar-refractivity contribution < 1.29 is 4.73 Å². The average Bonchev–Trinajstić information content (AvgIpc) is 1.92. The molecule has 0 radical (unpaired) electrons. The summed E-state index contributed by atoms with van der Waals surface area (Å²) in [6.45, 7) is 8.35. The summed E-state index contributed by atoms with van der Waals surface area (Å²) in [6, 6.07) is 1.85. The van der Waals surface area contributed by atoms with E-state index in [9.17, 15) is 5.21 Å². The highest BCUT2D eigenvalue weighted by Gasteiger charge is 2.18. The lowest BCUT2D eigenvalue weighted by molar-refractivity contribution is -0.606. The second-order valence-corrected chi connectivity index (χ2v) is 4.15. The zero-order chi connectivity index (χ0) is 9.35. The number of hydrogen-bond donors (Lipinski definition) is 0. The van der Waals surface area contributed by atoms with Crippen molar-refractivity contribution in [2.45, 2.75) is 33.1 Å². The number of pyridine rings is 1. The van der Waals surface area contributed by atoms with Gasteiger partial charge < -0.3 is 5.21 Å². The van der Waals surface area contributed by atoms with Crippen LogP contribution in [0.4, 0.5) is 0 Å². The van der Waals surface area contributed by atoms with E-state index in [4.69, 9.17) is 0 Å². The molecule has 0 unspecified atom stereocenters. The Morgan fingerprint density at radius 3 is 2.33 bits per heavy atom. The van der Waals surface area contributed by atoms with Crippen molar-refractivity contribution >= 4 is 0 Å². The van der Waals surface area contributed by atoms with E-state index in [1.165, 1.54) is 11.8 Å². The number of aryl methyl sites for hydroxylation is 1. The Hall–Kier alpha value is -1.05. The molecule has 0 aliphatic rings. The van der Waals surface area contributed by atoms with Crippen LogP contribution in [0.3, 0.4) is 0 Å². The van der Waals surface area contributed by atoms with Crippen LogP contribution < -0.4 is 4.73 Å². The molecular weight excluding hydrogens is 150 g/mol. The minimum atomic E-state index is 0.0531. The van der Waals surface area contributed by atoms with Gasteiger partial charge in [0.25, 0.3) is 0 Å². The van der Waals surface area contributed by atoms with E-state index < -0.39 is 0 Å². The average molecular weight is 165 g/mol. The number of rotatable bonds is 0. The Balaban J connectivity index is 3.23. The highest BCUT2D eigenvalue weighted by Crippen LogP contribution is 2.23. The molecule has 0 atom stereocenters. The highest BCUT2D eigenvalue weighted by molar-refractivity contribution is 5.26. The largest absolute Gasteiger partial charge is 0.619 e. The van der Waals surface area contributed by atoms with Gasteiger partial charge in [-0.25, -0.2) is 0 Å². The van der Waals surface area contributed by atoms with Gasteiger partial charge in [0, 0.05) is 11.6 Å². The van der Waals surface area contributed by atoms with Gasteiger partial charge in [-0.05, 0) is 17.9 Å². The summed E-state index contributed by atoms with van der Waals surface area (Å²) in [5.74, 6) is 0. The summed E-state index contributed by atoms with van der Waals surface area (Å²) in [6.07, 6.45) is 3.18. The lowest BCUT2D eigenvalue weighted by atomic mass is 9.85. The molecule has 0 saturated carbocycles. The van der Waals surface area contributed by atoms with E-state index >= 15 is 0 Å². The molecule has 12 heavy (non-hydrogen) atoms. The quantitative estimate of drug-likeness (QED) is 0.426. The zero-order valence-corrected chi connectivity index (χ0v) is 8.09. The Morgan fingerprint density at radius 2 is 1.92 bits per heavy atom. The van der Waals surface area contributed by atoms with Gasteiger partial charge in [0.2, 0.25) is 0 Å². The molecule has 0 aliphatic heterocycles. The van der Waals surface area contributed by atoms with E-state index in [-0.39, 0.29) is 5.41 Å². The van der Waals surface area contributed by atoms with Crippen molar-refractivity contribution in [2.24, 2.45) is 0 Å². The van der Waals surface area contributed by atoms with Crippen LogP contribution in [-0.2, 0) is 5.41 Å². The highest BCUT2D eigenvalue weighted by atomic mass is 16.5. The fourth-order valence-corrected chi connectivity index (χ4v) is 1.33. The second-order valence-electron chi connectivity index (χ2n) is 4.15. The SMILES string of the molecule is Cc1cc[n+]([O-])cc1C(C)(C)C. The fourth-order valence-electron chi connectivity index (χ4n) is 1.33. The van der Waals surface area contributed by atoms with Gasteiger partial charge in [-0.1, -0.05) is 20.8 Å². The zero-order valence-electron chi connectivity index (χ0n) is 8.09. The van der Waals surface area contributed by atoms with Gasteiger partial charge in [0.1, 0.15) is 0 Å². The van der Waals surface area contributed by atoms with Gasteiger partial charge in [0.05, 0.1) is 0 Å². The Bertz CT molecular complexity index is 286. The van der Waals surface area contributed by atoms with E-state index in [1.807, 2.05) is 13.0 Å². The Morgan fingerprint density at radius 1 is 1.33 bits per heavy atom. The lowest BCUT2D eigenvalue weighted by Crippen LogP contribution is -2.28. The molecular formula is C10H15NO. The number of hydrogen-bond acceptors (Lipinski definition) is 1. The molecule has 0 fully saturated rings. The topological polar surface area (TPSA) is 26.9 Å². The molecule has 0 bridgehead atoms. The predicted octanol–water partition coefficient (Wildman–Crippen LogP) is 1.93. The van der Waals surface area contributed by atoms with Crippen LogP contribution in [0.5, 0.6) is 0 Å². The van der Waals surface area contributed by atoms with Gasteiger partial charge >= 0.3 is 0 Å². The minimum absolute atomic E-state index is 0.0531. The van der Waals surface area contributed by atoms with Crippen LogP contribution in [0.25, 0.3) is 0 Å². The summed E-state index contributed by atoms with van der Waals surface area (Å²) >= 11 is 0. The molecule has 0 amide bonds. The van der Waals surface area contributed by atoms with Crippen molar-refractivity contribution in [3.63, 3.8) is 0 Å². The number of nitrogens with zero attached hydrogens (tertiary/aromatic N) is 1. The van der Waals surface area contributed by atoms with E-state index in [0.29, 0.717) is 0 Å². The van der Waals surface area contributed by atoms with Crippen LogP contribution in [0.1, 0.15) is 31.9 Å². The van der Waals surface area contributed by atoms with E-state index in [2.05, 4.69) is 20.8 Å². The van der Waals surface area contributed by atoms with Crippen molar-refractivity contribution in [1.82, 2.24) is 0 Å². The molecule has 66 valence electrons. The van der Waals surface area contributed by atoms with Crippen LogP contribution in [0, 0.1) is 12.1 Å². The monoisotopic (exact) mass is 165 g/mol. The molecule has 0 aliphatic carbocycles. The van der Waals surface area contributed by atoms with Crippen LogP contribution in [0.2, 0.25) is 0 Å². The van der Waals surface area contributed by atoms with Gasteiger partial charge in [-0.2, -0.15) is 4.73 Å². The van der Waals surface area contributed by atoms with Crippen molar-refractivity contribution in [2.75, 3.05) is 0 Å². The smallest absolute Gasteiger partial charge is 0.184 e. The third-order valence-corrected chi connectivity index (χ3v) is 1.96. The minimum Gasteiger partial charge on any atom is -0.619 e. The summed E-state index contributed by atoms with van der Waals surface area (Å²) in [5.41, 5.74) is 2.34. The first-order valence-electron chi connectivity index (χ1n) is 4.11.